The number of imidazole rings is 1. The zero-order chi connectivity index (χ0) is 19.8. The Hall–Kier alpha value is -3.28. The number of guanidine groups is 1. The molecule has 0 unspecified atom stereocenters. The molecule has 26 heavy (non-hydrogen) atoms. The first kappa shape index (κ1) is 19.1. The number of carbonyl (C=O) groups excluding carboxylic acids is 1. The molecular weight excluding hydrogens is 364 g/mol. The molecule has 0 aliphatic rings. The molecule has 4 N–H and O–H groups in total. The number of aryl methyl sites for hydroxylation is 2. The minimum Gasteiger partial charge on any atom is -0.370 e. The Kier molecular flexibility index (Phi) is 4.80. The Morgan fingerprint density at radius 3 is 2.35 bits per heavy atom. The number of rotatable bonds is 4. The molecule has 1 aromatic carbocycles. The number of nitrogens with zero attached hydrogens (tertiary/aromatic N) is 4. The SMILES string of the molecule is Cc1cn(-c2cc([N+](=O)[O-])c(C(=O)N=C(N)N)cc2S(C)(=O)=O)c(C)n1. The van der Waals surface area contributed by atoms with Crippen molar-refractivity contribution in [1.29, 1.82) is 0 Å². The number of aromatic nitrogens is 2. The van der Waals surface area contributed by atoms with E-state index in [4.69, 9.17) is 11.5 Å². The van der Waals surface area contributed by atoms with E-state index in [2.05, 4.69) is 9.98 Å². The van der Waals surface area contributed by atoms with Gasteiger partial charge in [0.25, 0.3) is 11.6 Å². The quantitative estimate of drug-likeness (QED) is 0.327. The number of benzene rings is 1. The lowest BCUT2D eigenvalue weighted by Gasteiger charge is -2.12. The van der Waals surface area contributed by atoms with E-state index >= 15 is 0 Å². The average molecular weight is 380 g/mol. The van der Waals surface area contributed by atoms with Gasteiger partial charge in [-0.25, -0.2) is 13.4 Å². The predicted molar refractivity (Wildman–Crippen MR) is 92.9 cm³/mol. The van der Waals surface area contributed by atoms with E-state index in [9.17, 15) is 23.3 Å². The molecule has 1 heterocycles. The fraction of sp³-hybridized carbons (Fsp3) is 0.214. The molecule has 1 amide bonds. The Labute approximate surface area is 148 Å². The molecule has 0 atom stereocenters. The lowest BCUT2D eigenvalue weighted by Crippen LogP contribution is -2.24. The highest BCUT2D eigenvalue weighted by atomic mass is 32.2. The lowest BCUT2D eigenvalue weighted by molar-refractivity contribution is -0.385. The molecule has 0 bridgehead atoms. The van der Waals surface area contributed by atoms with Crippen molar-refractivity contribution in [2.75, 3.05) is 6.26 Å². The van der Waals surface area contributed by atoms with Gasteiger partial charge >= 0.3 is 0 Å². The molecule has 0 radical (unpaired) electrons. The molecule has 0 spiro atoms. The van der Waals surface area contributed by atoms with E-state index in [1.807, 2.05) is 0 Å². The monoisotopic (exact) mass is 380 g/mol. The molecule has 2 rings (SSSR count). The van der Waals surface area contributed by atoms with E-state index < -0.39 is 37.9 Å². The van der Waals surface area contributed by atoms with Gasteiger partial charge in [-0.05, 0) is 19.9 Å². The minimum atomic E-state index is -3.85. The van der Waals surface area contributed by atoms with Gasteiger partial charge in [-0.2, -0.15) is 4.99 Å². The van der Waals surface area contributed by atoms with Crippen molar-refractivity contribution < 1.29 is 18.1 Å². The molecule has 2 aromatic rings. The van der Waals surface area contributed by atoms with Crippen LogP contribution in [-0.2, 0) is 9.84 Å². The molecule has 12 heteroatoms. The van der Waals surface area contributed by atoms with E-state index in [0.29, 0.717) is 11.5 Å². The maximum Gasteiger partial charge on any atom is 0.287 e. The molecule has 0 saturated heterocycles. The second-order valence-electron chi connectivity index (χ2n) is 5.51. The number of aliphatic imine (C=N–C) groups is 1. The summed E-state index contributed by atoms with van der Waals surface area (Å²) in [5.74, 6) is -1.30. The molecular formula is C14H16N6O5S. The average Bonchev–Trinajstić information content (AvgIpc) is 2.82. The van der Waals surface area contributed by atoms with Crippen molar-refractivity contribution in [2.45, 2.75) is 18.7 Å². The zero-order valence-corrected chi connectivity index (χ0v) is 14.9. The summed E-state index contributed by atoms with van der Waals surface area (Å²) in [4.78, 5) is 29.8. The van der Waals surface area contributed by atoms with Crippen LogP contribution in [0.15, 0.2) is 28.2 Å². The van der Waals surface area contributed by atoms with Crippen LogP contribution in [0, 0.1) is 24.0 Å². The summed E-state index contributed by atoms with van der Waals surface area (Å²) >= 11 is 0. The fourth-order valence-electron chi connectivity index (χ4n) is 2.40. The number of nitro groups is 1. The van der Waals surface area contributed by atoms with Crippen LogP contribution >= 0.6 is 0 Å². The van der Waals surface area contributed by atoms with Crippen molar-refractivity contribution >= 4 is 27.4 Å². The van der Waals surface area contributed by atoms with Crippen LogP contribution in [-0.4, -0.2) is 41.0 Å². The molecule has 0 aliphatic heterocycles. The number of hydrogen-bond acceptors (Lipinski definition) is 6. The van der Waals surface area contributed by atoms with Gasteiger partial charge in [-0.3, -0.25) is 14.9 Å². The minimum absolute atomic E-state index is 0.00134. The highest BCUT2D eigenvalue weighted by molar-refractivity contribution is 7.90. The van der Waals surface area contributed by atoms with Crippen molar-refractivity contribution in [3.05, 3.63) is 45.5 Å². The third kappa shape index (κ3) is 3.69. The number of carbonyl (C=O) groups is 1. The first-order chi connectivity index (χ1) is 11.9. The van der Waals surface area contributed by atoms with Gasteiger partial charge in [0.1, 0.15) is 11.4 Å². The number of amides is 1. The summed E-state index contributed by atoms with van der Waals surface area (Å²) in [6, 6.07) is 1.88. The molecule has 0 aliphatic carbocycles. The highest BCUT2D eigenvalue weighted by Crippen LogP contribution is 2.31. The Balaban J connectivity index is 2.92. The first-order valence-electron chi connectivity index (χ1n) is 7.11. The predicted octanol–water partition coefficient (Wildman–Crippen LogP) is 0.214. The number of nitro benzene ring substituents is 1. The summed E-state index contributed by atoms with van der Waals surface area (Å²) in [7, 11) is -3.85. The van der Waals surface area contributed by atoms with E-state index in [0.717, 1.165) is 18.4 Å². The summed E-state index contributed by atoms with van der Waals surface area (Å²) in [6.07, 6.45) is 2.45. The van der Waals surface area contributed by atoms with Crippen LogP contribution in [0.25, 0.3) is 5.69 Å². The van der Waals surface area contributed by atoms with Crippen LogP contribution < -0.4 is 11.5 Å². The van der Waals surface area contributed by atoms with Gasteiger partial charge in [-0.15, -0.1) is 0 Å². The van der Waals surface area contributed by atoms with Crippen LogP contribution in [0.4, 0.5) is 5.69 Å². The van der Waals surface area contributed by atoms with Gasteiger partial charge in [0.2, 0.25) is 0 Å². The van der Waals surface area contributed by atoms with Crippen molar-refractivity contribution in [3.8, 4) is 5.69 Å². The summed E-state index contributed by atoms with van der Waals surface area (Å²) in [5.41, 5.74) is 9.68. The Morgan fingerprint density at radius 1 is 1.31 bits per heavy atom. The topological polar surface area (TPSA) is 177 Å². The van der Waals surface area contributed by atoms with Crippen LogP contribution in [0.5, 0.6) is 0 Å². The number of sulfone groups is 1. The summed E-state index contributed by atoms with van der Waals surface area (Å²) < 4.78 is 25.8. The second-order valence-corrected chi connectivity index (χ2v) is 7.49. The third-order valence-corrected chi connectivity index (χ3v) is 4.52. The molecule has 0 saturated carbocycles. The van der Waals surface area contributed by atoms with E-state index in [-0.39, 0.29) is 10.6 Å². The maximum atomic E-state index is 12.2. The summed E-state index contributed by atoms with van der Waals surface area (Å²) in [5, 5.41) is 11.4. The smallest absolute Gasteiger partial charge is 0.287 e. The number of hydrogen-bond donors (Lipinski definition) is 2. The van der Waals surface area contributed by atoms with Crippen LogP contribution in [0.2, 0.25) is 0 Å². The van der Waals surface area contributed by atoms with Crippen LogP contribution in [0.3, 0.4) is 0 Å². The first-order valence-corrected chi connectivity index (χ1v) is 9.00. The van der Waals surface area contributed by atoms with Crippen molar-refractivity contribution in [1.82, 2.24) is 9.55 Å². The molecule has 0 fully saturated rings. The number of nitrogens with two attached hydrogens (primary N) is 2. The summed E-state index contributed by atoms with van der Waals surface area (Å²) in [6.45, 7) is 3.30. The fourth-order valence-corrected chi connectivity index (χ4v) is 3.27. The molecule has 11 nitrogen and oxygen atoms in total. The second kappa shape index (κ2) is 6.55. The Morgan fingerprint density at radius 2 is 1.92 bits per heavy atom. The molecule has 138 valence electrons. The van der Waals surface area contributed by atoms with Crippen molar-refractivity contribution in [3.63, 3.8) is 0 Å². The van der Waals surface area contributed by atoms with E-state index in [1.54, 1.807) is 13.8 Å². The Bertz CT molecular complexity index is 1050. The largest absolute Gasteiger partial charge is 0.370 e. The highest BCUT2D eigenvalue weighted by Gasteiger charge is 2.28. The van der Waals surface area contributed by atoms with Gasteiger partial charge in [0, 0.05) is 18.5 Å². The normalized spacial score (nSPS) is 11.2. The standard InChI is InChI=1S/C14H16N6O5S/c1-7-6-19(8(2)17-7)11-5-10(20(22)23)9(13(21)18-14(15)16)4-12(11)26(3,24)25/h4-6H,1-3H3,(H4,15,16,18,21). The van der Waals surface area contributed by atoms with Crippen molar-refractivity contribution in [2.24, 2.45) is 16.5 Å². The van der Waals surface area contributed by atoms with Gasteiger partial charge in [-0.1, -0.05) is 0 Å². The van der Waals surface area contributed by atoms with Gasteiger partial charge in [0.05, 0.1) is 21.2 Å². The third-order valence-electron chi connectivity index (χ3n) is 3.40. The van der Waals surface area contributed by atoms with Crippen LogP contribution in [0.1, 0.15) is 21.9 Å². The van der Waals surface area contributed by atoms with Gasteiger partial charge < -0.3 is 16.0 Å². The molecule has 1 aromatic heterocycles. The zero-order valence-electron chi connectivity index (χ0n) is 14.1. The maximum absolute atomic E-state index is 12.2. The van der Waals surface area contributed by atoms with E-state index in [1.165, 1.54) is 10.8 Å². The van der Waals surface area contributed by atoms with Gasteiger partial charge in [0.15, 0.2) is 15.8 Å². The lowest BCUT2D eigenvalue weighted by atomic mass is 10.1.